The summed E-state index contributed by atoms with van der Waals surface area (Å²) in [6.45, 7) is 4.30. The predicted molar refractivity (Wildman–Crippen MR) is 61.9 cm³/mol. The summed E-state index contributed by atoms with van der Waals surface area (Å²) in [5.41, 5.74) is 0.946. The van der Waals surface area contributed by atoms with Crippen molar-refractivity contribution in [2.45, 2.75) is 20.3 Å². The molecule has 0 fully saturated rings. The van der Waals surface area contributed by atoms with Gasteiger partial charge in [-0.25, -0.2) is 0 Å². The van der Waals surface area contributed by atoms with Gasteiger partial charge in [0.25, 0.3) is 0 Å². The Hall–Kier alpha value is -1.57. The molecule has 2 heteroatoms. The molecule has 0 aliphatic rings. The molecule has 0 saturated carbocycles. The second-order valence-corrected chi connectivity index (χ2v) is 3.33. The van der Waals surface area contributed by atoms with Crippen LogP contribution >= 0.6 is 0 Å². The zero-order valence-corrected chi connectivity index (χ0v) is 9.19. The number of ketones is 1. The van der Waals surface area contributed by atoms with E-state index in [9.17, 15) is 4.79 Å². The second-order valence-electron chi connectivity index (χ2n) is 3.33. The van der Waals surface area contributed by atoms with Crippen molar-refractivity contribution < 1.29 is 9.53 Å². The normalized spacial score (nSPS) is 10.5. The maximum Gasteiger partial charge on any atom is 0.152 e. The van der Waals surface area contributed by atoms with E-state index in [2.05, 4.69) is 6.92 Å². The first kappa shape index (κ1) is 11.5. The number of benzene rings is 1. The van der Waals surface area contributed by atoms with E-state index in [1.54, 1.807) is 12.2 Å². The van der Waals surface area contributed by atoms with E-state index in [4.69, 9.17) is 4.74 Å². The molecule has 0 unspecified atom stereocenters. The third-order valence-corrected chi connectivity index (χ3v) is 1.88. The molecule has 0 atom stereocenters. The highest BCUT2D eigenvalue weighted by molar-refractivity contribution is 5.91. The van der Waals surface area contributed by atoms with Crippen LogP contribution < -0.4 is 4.74 Å². The van der Waals surface area contributed by atoms with Gasteiger partial charge in [0.1, 0.15) is 5.75 Å². The van der Waals surface area contributed by atoms with E-state index < -0.39 is 0 Å². The molecule has 0 spiro atoms. The number of rotatable bonds is 5. The maximum atomic E-state index is 10.8. The van der Waals surface area contributed by atoms with E-state index in [0.717, 1.165) is 17.7 Å². The summed E-state index contributed by atoms with van der Waals surface area (Å²) in [5, 5.41) is 0. The van der Waals surface area contributed by atoms with Crippen LogP contribution in [0.5, 0.6) is 5.75 Å². The van der Waals surface area contributed by atoms with Gasteiger partial charge in [0.2, 0.25) is 0 Å². The van der Waals surface area contributed by atoms with Gasteiger partial charge in [-0.05, 0) is 31.6 Å². The lowest BCUT2D eigenvalue weighted by atomic mass is 10.2. The summed E-state index contributed by atoms with van der Waals surface area (Å²) >= 11 is 0. The van der Waals surface area contributed by atoms with Crippen molar-refractivity contribution in [3.63, 3.8) is 0 Å². The highest BCUT2D eigenvalue weighted by Crippen LogP contribution is 2.19. The molecule has 0 bridgehead atoms. The fraction of sp³-hybridized carbons (Fsp3) is 0.308. The quantitative estimate of drug-likeness (QED) is 0.689. The number of carbonyl (C=O) groups is 1. The maximum absolute atomic E-state index is 10.8. The van der Waals surface area contributed by atoms with Crippen molar-refractivity contribution in [1.29, 1.82) is 0 Å². The average Bonchev–Trinajstić information content (AvgIpc) is 2.24. The Balaban J connectivity index is 2.81. The monoisotopic (exact) mass is 204 g/mol. The lowest BCUT2D eigenvalue weighted by molar-refractivity contribution is -0.112. The molecule has 0 aromatic heterocycles. The molecule has 0 aliphatic heterocycles. The Bertz CT molecular complexity index is 353. The van der Waals surface area contributed by atoms with Crippen molar-refractivity contribution in [2.24, 2.45) is 0 Å². The minimum absolute atomic E-state index is 0.0419. The van der Waals surface area contributed by atoms with Gasteiger partial charge < -0.3 is 4.74 Å². The van der Waals surface area contributed by atoms with E-state index in [-0.39, 0.29) is 5.78 Å². The topological polar surface area (TPSA) is 26.3 Å². The molecule has 1 aromatic rings. The van der Waals surface area contributed by atoms with Gasteiger partial charge in [0.15, 0.2) is 5.78 Å². The van der Waals surface area contributed by atoms with Crippen LogP contribution in [0.4, 0.5) is 0 Å². The molecule has 1 aromatic carbocycles. The molecule has 0 saturated heterocycles. The lowest BCUT2D eigenvalue weighted by Gasteiger charge is -2.07. The molecule has 1 rings (SSSR count). The minimum atomic E-state index is 0.0419. The number of hydrogen-bond donors (Lipinski definition) is 0. The highest BCUT2D eigenvalue weighted by Gasteiger charge is 1.98. The van der Waals surface area contributed by atoms with Crippen LogP contribution in [0.3, 0.4) is 0 Å². The second kappa shape index (κ2) is 6.02. The van der Waals surface area contributed by atoms with Gasteiger partial charge in [-0.1, -0.05) is 25.1 Å². The van der Waals surface area contributed by atoms with Crippen LogP contribution in [0, 0.1) is 0 Å². The summed E-state index contributed by atoms with van der Waals surface area (Å²) in [5.74, 6) is 0.872. The van der Waals surface area contributed by atoms with Crippen LogP contribution in [-0.4, -0.2) is 12.4 Å². The van der Waals surface area contributed by atoms with Crippen LogP contribution in [0.15, 0.2) is 30.3 Å². The molecule has 0 aliphatic carbocycles. The molecular weight excluding hydrogens is 188 g/mol. The first-order valence-electron chi connectivity index (χ1n) is 5.14. The predicted octanol–water partition coefficient (Wildman–Crippen LogP) is 3.08. The third-order valence-electron chi connectivity index (χ3n) is 1.88. The van der Waals surface area contributed by atoms with Crippen molar-refractivity contribution in [3.8, 4) is 5.75 Å². The summed E-state index contributed by atoms with van der Waals surface area (Å²) in [4.78, 5) is 10.8. The van der Waals surface area contributed by atoms with Crippen LogP contribution in [0.25, 0.3) is 6.08 Å². The first-order chi connectivity index (χ1) is 7.24. The highest BCUT2D eigenvalue weighted by atomic mass is 16.5. The number of hydrogen-bond acceptors (Lipinski definition) is 2. The first-order valence-corrected chi connectivity index (χ1v) is 5.14. The summed E-state index contributed by atoms with van der Waals surface area (Å²) in [6, 6.07) is 7.70. The standard InChI is InChI=1S/C13H16O2/c1-3-10-15-13-7-5-4-6-12(13)9-8-11(2)14/h4-9H,3,10H2,1-2H3/b9-8+. The average molecular weight is 204 g/mol. The van der Waals surface area contributed by atoms with Crippen molar-refractivity contribution in [1.82, 2.24) is 0 Å². The van der Waals surface area contributed by atoms with Crippen LogP contribution in [-0.2, 0) is 4.79 Å². The lowest BCUT2D eigenvalue weighted by Crippen LogP contribution is -1.96. The summed E-state index contributed by atoms with van der Waals surface area (Å²) in [6.07, 6.45) is 4.31. The van der Waals surface area contributed by atoms with Gasteiger partial charge in [0, 0.05) is 5.56 Å². The minimum Gasteiger partial charge on any atom is -0.493 e. The molecule has 80 valence electrons. The summed E-state index contributed by atoms with van der Waals surface area (Å²) in [7, 11) is 0. The molecule has 2 nitrogen and oxygen atoms in total. The van der Waals surface area contributed by atoms with E-state index in [1.165, 1.54) is 6.92 Å². The zero-order chi connectivity index (χ0) is 11.1. The Morgan fingerprint density at radius 1 is 1.40 bits per heavy atom. The SMILES string of the molecule is CCCOc1ccccc1/C=C/C(C)=O. The Kier molecular flexibility index (Phi) is 4.61. The number of ether oxygens (including phenoxy) is 1. The van der Waals surface area contributed by atoms with Gasteiger partial charge in [0.05, 0.1) is 6.61 Å². The van der Waals surface area contributed by atoms with Crippen LogP contribution in [0.1, 0.15) is 25.8 Å². The van der Waals surface area contributed by atoms with Crippen LogP contribution in [0.2, 0.25) is 0 Å². The zero-order valence-electron chi connectivity index (χ0n) is 9.19. The fourth-order valence-corrected chi connectivity index (χ4v) is 1.17. The molecule has 0 radical (unpaired) electrons. The largest absolute Gasteiger partial charge is 0.493 e. The van der Waals surface area contributed by atoms with Crippen molar-refractivity contribution in [2.75, 3.05) is 6.61 Å². The molecule has 0 heterocycles. The van der Waals surface area contributed by atoms with Gasteiger partial charge >= 0.3 is 0 Å². The molecular formula is C13H16O2. The Morgan fingerprint density at radius 3 is 2.80 bits per heavy atom. The third kappa shape index (κ3) is 3.98. The van der Waals surface area contributed by atoms with Gasteiger partial charge in [-0.3, -0.25) is 4.79 Å². The van der Waals surface area contributed by atoms with E-state index in [1.807, 2.05) is 24.3 Å². The Labute approximate surface area is 90.6 Å². The Morgan fingerprint density at radius 2 is 2.13 bits per heavy atom. The number of allylic oxidation sites excluding steroid dienone is 1. The molecule has 15 heavy (non-hydrogen) atoms. The van der Waals surface area contributed by atoms with Crippen molar-refractivity contribution >= 4 is 11.9 Å². The van der Waals surface area contributed by atoms with Crippen molar-refractivity contribution in [3.05, 3.63) is 35.9 Å². The molecule has 0 amide bonds. The molecule has 0 N–H and O–H groups in total. The fourth-order valence-electron chi connectivity index (χ4n) is 1.17. The van der Waals surface area contributed by atoms with E-state index >= 15 is 0 Å². The van der Waals surface area contributed by atoms with E-state index in [0.29, 0.717) is 6.61 Å². The number of para-hydroxylation sites is 1. The smallest absolute Gasteiger partial charge is 0.152 e. The van der Waals surface area contributed by atoms with Gasteiger partial charge in [-0.15, -0.1) is 0 Å². The van der Waals surface area contributed by atoms with Gasteiger partial charge in [-0.2, -0.15) is 0 Å². The summed E-state index contributed by atoms with van der Waals surface area (Å²) < 4.78 is 5.56. The number of carbonyl (C=O) groups excluding carboxylic acids is 1.